The van der Waals surface area contributed by atoms with Crippen LogP contribution < -0.4 is 5.56 Å². The zero-order valence-electron chi connectivity index (χ0n) is 8.16. The Labute approximate surface area is 91.1 Å². The SMILES string of the molecule is CCSc1nc2c(c(=O)[nH]1)CS[C@@H]2C. The van der Waals surface area contributed by atoms with Crippen LogP contribution in [-0.4, -0.2) is 15.7 Å². The van der Waals surface area contributed by atoms with Gasteiger partial charge in [0.25, 0.3) is 5.56 Å². The van der Waals surface area contributed by atoms with Gasteiger partial charge in [0.1, 0.15) is 0 Å². The van der Waals surface area contributed by atoms with Crippen molar-refractivity contribution < 1.29 is 0 Å². The molecular formula is C9H12N2OS2. The lowest BCUT2D eigenvalue weighted by atomic mass is 10.2. The van der Waals surface area contributed by atoms with Gasteiger partial charge in [0.2, 0.25) is 0 Å². The van der Waals surface area contributed by atoms with Crippen molar-refractivity contribution in [3.05, 3.63) is 21.6 Å². The van der Waals surface area contributed by atoms with E-state index < -0.39 is 0 Å². The Balaban J connectivity index is 2.47. The molecule has 14 heavy (non-hydrogen) atoms. The van der Waals surface area contributed by atoms with E-state index in [2.05, 4.69) is 23.8 Å². The lowest BCUT2D eigenvalue weighted by molar-refractivity contribution is 0.853. The maximum Gasteiger partial charge on any atom is 0.255 e. The third kappa shape index (κ3) is 1.70. The number of aromatic nitrogens is 2. The van der Waals surface area contributed by atoms with Crippen molar-refractivity contribution in [1.29, 1.82) is 0 Å². The Morgan fingerprint density at radius 3 is 3.21 bits per heavy atom. The molecule has 0 bridgehead atoms. The molecule has 1 atom stereocenters. The summed E-state index contributed by atoms with van der Waals surface area (Å²) in [5, 5.41) is 1.12. The van der Waals surface area contributed by atoms with E-state index in [4.69, 9.17) is 0 Å². The van der Waals surface area contributed by atoms with Gasteiger partial charge in [-0.25, -0.2) is 4.98 Å². The van der Waals surface area contributed by atoms with Gasteiger partial charge in [0.05, 0.1) is 5.69 Å². The molecule has 0 saturated heterocycles. The predicted octanol–water partition coefficient (Wildman–Crippen LogP) is 2.19. The molecule has 3 nitrogen and oxygen atoms in total. The van der Waals surface area contributed by atoms with Crippen LogP contribution in [0.2, 0.25) is 0 Å². The average molecular weight is 228 g/mol. The number of rotatable bonds is 2. The molecule has 2 rings (SSSR count). The van der Waals surface area contributed by atoms with E-state index >= 15 is 0 Å². The van der Waals surface area contributed by atoms with E-state index in [9.17, 15) is 4.79 Å². The van der Waals surface area contributed by atoms with E-state index in [1.54, 1.807) is 23.5 Å². The number of fused-ring (bicyclic) bond motifs is 1. The number of nitrogens with one attached hydrogen (secondary N) is 1. The normalized spacial score (nSPS) is 19.7. The molecule has 1 aromatic rings. The first-order valence-electron chi connectivity index (χ1n) is 4.60. The first-order valence-corrected chi connectivity index (χ1v) is 6.63. The second kappa shape index (κ2) is 3.98. The molecule has 0 fully saturated rings. The largest absolute Gasteiger partial charge is 0.301 e. The molecule has 0 amide bonds. The second-order valence-electron chi connectivity index (χ2n) is 3.12. The van der Waals surface area contributed by atoms with Crippen molar-refractivity contribution in [2.75, 3.05) is 5.75 Å². The maximum atomic E-state index is 11.6. The molecule has 0 radical (unpaired) electrons. The second-order valence-corrected chi connectivity index (χ2v) is 5.70. The van der Waals surface area contributed by atoms with E-state index in [0.29, 0.717) is 5.25 Å². The Bertz CT molecular complexity index is 402. The van der Waals surface area contributed by atoms with Gasteiger partial charge in [-0.05, 0) is 12.7 Å². The summed E-state index contributed by atoms with van der Waals surface area (Å²) >= 11 is 3.36. The Morgan fingerprint density at radius 1 is 1.71 bits per heavy atom. The van der Waals surface area contributed by atoms with Crippen molar-refractivity contribution in [2.45, 2.75) is 30.0 Å². The minimum Gasteiger partial charge on any atom is -0.301 e. The standard InChI is InChI=1S/C9H12N2OS2/c1-3-13-9-10-7-5(2)14-4-6(7)8(12)11-9/h5H,3-4H2,1-2H3,(H,10,11,12)/t5-/m1/s1. The van der Waals surface area contributed by atoms with Gasteiger partial charge in [-0.15, -0.1) is 11.8 Å². The molecule has 0 spiro atoms. The predicted molar refractivity (Wildman–Crippen MR) is 61.0 cm³/mol. The summed E-state index contributed by atoms with van der Waals surface area (Å²) in [6.45, 7) is 4.15. The number of aromatic amines is 1. The molecule has 5 heteroatoms. The smallest absolute Gasteiger partial charge is 0.255 e. The third-order valence-electron chi connectivity index (χ3n) is 2.17. The highest BCUT2D eigenvalue weighted by Crippen LogP contribution is 2.38. The van der Waals surface area contributed by atoms with Gasteiger partial charge >= 0.3 is 0 Å². The van der Waals surface area contributed by atoms with Crippen molar-refractivity contribution in [1.82, 2.24) is 9.97 Å². The van der Waals surface area contributed by atoms with Crippen LogP contribution in [0.25, 0.3) is 0 Å². The average Bonchev–Trinajstić information content (AvgIpc) is 2.49. The molecule has 1 aromatic heterocycles. The number of thioether (sulfide) groups is 2. The number of hydrogen-bond donors (Lipinski definition) is 1. The zero-order chi connectivity index (χ0) is 10.1. The van der Waals surface area contributed by atoms with Crippen molar-refractivity contribution in [3.8, 4) is 0 Å². The van der Waals surface area contributed by atoms with Crippen LogP contribution in [0.5, 0.6) is 0 Å². The molecular weight excluding hydrogens is 216 g/mol. The molecule has 0 aromatic carbocycles. The van der Waals surface area contributed by atoms with Crippen molar-refractivity contribution >= 4 is 23.5 Å². The fourth-order valence-corrected chi connectivity index (χ4v) is 3.11. The van der Waals surface area contributed by atoms with Gasteiger partial charge in [-0.3, -0.25) is 4.79 Å². The highest BCUT2D eigenvalue weighted by atomic mass is 32.2. The van der Waals surface area contributed by atoms with Gasteiger partial charge in [-0.1, -0.05) is 18.7 Å². The van der Waals surface area contributed by atoms with Crippen LogP contribution in [-0.2, 0) is 5.75 Å². The first-order chi connectivity index (χ1) is 6.72. The lowest BCUT2D eigenvalue weighted by Gasteiger charge is -2.04. The van der Waals surface area contributed by atoms with E-state index in [1.807, 2.05) is 0 Å². The Morgan fingerprint density at radius 2 is 2.50 bits per heavy atom. The fraction of sp³-hybridized carbons (Fsp3) is 0.556. The minimum absolute atomic E-state index is 0.0443. The number of hydrogen-bond acceptors (Lipinski definition) is 4. The summed E-state index contributed by atoms with van der Waals surface area (Å²) < 4.78 is 0. The fourth-order valence-electron chi connectivity index (χ4n) is 1.46. The lowest BCUT2D eigenvalue weighted by Crippen LogP contribution is -2.15. The molecule has 1 N–H and O–H groups in total. The highest BCUT2D eigenvalue weighted by molar-refractivity contribution is 7.99. The Kier molecular flexibility index (Phi) is 2.88. The number of H-pyrrole nitrogens is 1. The Hall–Kier alpha value is -0.420. The van der Waals surface area contributed by atoms with Crippen LogP contribution >= 0.6 is 23.5 Å². The summed E-state index contributed by atoms with van der Waals surface area (Å²) in [4.78, 5) is 18.9. The zero-order valence-corrected chi connectivity index (χ0v) is 9.80. The molecule has 0 saturated carbocycles. The van der Waals surface area contributed by atoms with Crippen LogP contribution in [0.3, 0.4) is 0 Å². The van der Waals surface area contributed by atoms with E-state index in [-0.39, 0.29) is 5.56 Å². The summed E-state index contributed by atoms with van der Waals surface area (Å²) in [5.41, 5.74) is 1.89. The van der Waals surface area contributed by atoms with Crippen LogP contribution in [0.4, 0.5) is 0 Å². The van der Waals surface area contributed by atoms with Gasteiger partial charge in [0, 0.05) is 16.6 Å². The van der Waals surface area contributed by atoms with E-state index in [0.717, 1.165) is 27.9 Å². The third-order valence-corrected chi connectivity index (χ3v) is 4.10. The molecule has 0 aliphatic carbocycles. The summed E-state index contributed by atoms with van der Waals surface area (Å²) in [6, 6.07) is 0. The maximum absolute atomic E-state index is 11.6. The van der Waals surface area contributed by atoms with Gasteiger partial charge in [-0.2, -0.15) is 0 Å². The van der Waals surface area contributed by atoms with Crippen molar-refractivity contribution in [3.63, 3.8) is 0 Å². The minimum atomic E-state index is 0.0443. The molecule has 1 aliphatic rings. The first kappa shape index (κ1) is 10.1. The number of nitrogens with zero attached hydrogens (tertiary/aromatic N) is 1. The molecule has 0 unspecified atom stereocenters. The quantitative estimate of drug-likeness (QED) is 0.622. The molecule has 1 aliphatic heterocycles. The summed E-state index contributed by atoms with van der Waals surface area (Å²) in [6.07, 6.45) is 0. The van der Waals surface area contributed by atoms with Crippen LogP contribution in [0.15, 0.2) is 9.95 Å². The van der Waals surface area contributed by atoms with Crippen molar-refractivity contribution in [2.24, 2.45) is 0 Å². The van der Waals surface area contributed by atoms with Crippen LogP contribution in [0, 0.1) is 0 Å². The molecule has 2 heterocycles. The summed E-state index contributed by atoms with van der Waals surface area (Å²) in [7, 11) is 0. The van der Waals surface area contributed by atoms with Gasteiger partial charge < -0.3 is 4.98 Å². The topological polar surface area (TPSA) is 45.8 Å². The summed E-state index contributed by atoms with van der Waals surface area (Å²) in [5.74, 6) is 1.74. The van der Waals surface area contributed by atoms with Crippen LogP contribution in [0.1, 0.15) is 30.4 Å². The molecule has 76 valence electrons. The highest BCUT2D eigenvalue weighted by Gasteiger charge is 2.24. The van der Waals surface area contributed by atoms with Gasteiger partial charge in [0.15, 0.2) is 5.16 Å². The monoisotopic (exact) mass is 228 g/mol. The van der Waals surface area contributed by atoms with E-state index in [1.165, 1.54) is 0 Å².